The van der Waals surface area contributed by atoms with E-state index < -0.39 is 0 Å². The van der Waals surface area contributed by atoms with Crippen LogP contribution in [-0.2, 0) is 6.54 Å². The fraction of sp³-hybridized carbons (Fsp3) is 0.154. The number of fused-ring (bicyclic) bond motifs is 1. The molecule has 33 heavy (non-hydrogen) atoms. The van der Waals surface area contributed by atoms with E-state index in [0.717, 1.165) is 24.0 Å². The fourth-order valence-electron chi connectivity index (χ4n) is 3.39. The number of ether oxygens (including phenoxy) is 1. The molecule has 3 aromatic carbocycles. The lowest BCUT2D eigenvalue weighted by Gasteiger charge is -2.24. The number of carbonyl (C=O) groups excluding carboxylic acids is 1. The zero-order valence-corrected chi connectivity index (χ0v) is 19.1. The molecule has 6 nitrogen and oxygen atoms in total. The molecule has 1 amide bonds. The van der Waals surface area contributed by atoms with Gasteiger partial charge in [-0.1, -0.05) is 37.3 Å². The van der Waals surface area contributed by atoms with Gasteiger partial charge in [0.15, 0.2) is 0 Å². The van der Waals surface area contributed by atoms with E-state index in [1.165, 1.54) is 5.56 Å². The lowest BCUT2D eigenvalue weighted by atomic mass is 10.2. The normalized spacial score (nSPS) is 10.6. The standard InChI is InChI=1S/C26H24N4O2S/c1-2-16-30(18-19-6-4-3-5-7-19)26(33)32-22-11-8-20(9-12-22)25(31)29-21-10-13-23-24(17-21)28-15-14-27-23/h3-15,17H,2,16,18H2,1H3,(H,29,31). The second-order valence-corrected chi connectivity index (χ2v) is 7.86. The van der Waals surface area contributed by atoms with Crippen LogP contribution in [0.3, 0.4) is 0 Å². The van der Waals surface area contributed by atoms with E-state index in [0.29, 0.717) is 28.7 Å². The molecule has 0 spiro atoms. The Kier molecular flexibility index (Phi) is 7.22. The molecule has 0 unspecified atom stereocenters. The Hall–Kier alpha value is -3.84. The molecule has 1 aromatic heterocycles. The van der Waals surface area contributed by atoms with Gasteiger partial charge in [0.25, 0.3) is 11.1 Å². The topological polar surface area (TPSA) is 67.3 Å². The molecule has 4 rings (SSSR count). The van der Waals surface area contributed by atoms with E-state index in [1.807, 2.05) is 29.2 Å². The van der Waals surface area contributed by atoms with Gasteiger partial charge in [-0.3, -0.25) is 14.8 Å². The number of hydrogen-bond donors (Lipinski definition) is 1. The molecule has 1 N–H and O–H groups in total. The maximum Gasteiger partial charge on any atom is 0.265 e. The zero-order valence-electron chi connectivity index (χ0n) is 18.3. The molecule has 0 radical (unpaired) electrons. The largest absolute Gasteiger partial charge is 0.432 e. The first-order chi connectivity index (χ1) is 16.1. The van der Waals surface area contributed by atoms with Gasteiger partial charge in [0, 0.05) is 36.7 Å². The van der Waals surface area contributed by atoms with Crippen molar-refractivity contribution in [3.63, 3.8) is 0 Å². The molecule has 0 aliphatic heterocycles. The van der Waals surface area contributed by atoms with Crippen molar-refractivity contribution >= 4 is 40.0 Å². The molecule has 0 fully saturated rings. The number of anilines is 1. The SMILES string of the molecule is CCCN(Cc1ccccc1)C(=S)Oc1ccc(C(=O)Nc2ccc3nccnc3c2)cc1. The number of aromatic nitrogens is 2. The van der Waals surface area contributed by atoms with Crippen LogP contribution in [0.25, 0.3) is 11.0 Å². The Labute approximate surface area is 198 Å². The summed E-state index contributed by atoms with van der Waals surface area (Å²) in [6.07, 6.45) is 4.22. The van der Waals surface area contributed by atoms with Crippen LogP contribution in [0.4, 0.5) is 5.69 Å². The van der Waals surface area contributed by atoms with Gasteiger partial charge in [0.05, 0.1) is 11.0 Å². The van der Waals surface area contributed by atoms with Crippen LogP contribution in [0.15, 0.2) is 85.2 Å². The summed E-state index contributed by atoms with van der Waals surface area (Å²) in [7, 11) is 0. The van der Waals surface area contributed by atoms with Crippen LogP contribution in [-0.4, -0.2) is 32.5 Å². The summed E-state index contributed by atoms with van der Waals surface area (Å²) in [4.78, 5) is 23.2. The van der Waals surface area contributed by atoms with Crippen molar-refractivity contribution in [2.45, 2.75) is 19.9 Å². The summed E-state index contributed by atoms with van der Waals surface area (Å²) >= 11 is 5.55. The Balaban J connectivity index is 1.39. The van der Waals surface area contributed by atoms with Gasteiger partial charge in [-0.2, -0.15) is 0 Å². The lowest BCUT2D eigenvalue weighted by Crippen LogP contribution is -2.33. The molecule has 7 heteroatoms. The van der Waals surface area contributed by atoms with Crippen LogP contribution in [0, 0.1) is 0 Å². The third-order valence-corrected chi connectivity index (χ3v) is 5.36. The highest BCUT2D eigenvalue weighted by atomic mass is 32.1. The molecule has 0 bridgehead atoms. The van der Waals surface area contributed by atoms with Gasteiger partial charge in [0.1, 0.15) is 5.75 Å². The first kappa shape index (κ1) is 22.4. The number of nitrogens with one attached hydrogen (secondary N) is 1. The molecule has 166 valence electrons. The third kappa shape index (κ3) is 5.90. The quantitative estimate of drug-likeness (QED) is 0.373. The van der Waals surface area contributed by atoms with Crippen LogP contribution >= 0.6 is 12.2 Å². The minimum atomic E-state index is -0.218. The first-order valence-electron chi connectivity index (χ1n) is 10.8. The number of benzene rings is 3. The fourth-order valence-corrected chi connectivity index (χ4v) is 3.64. The van der Waals surface area contributed by atoms with Crippen LogP contribution in [0.5, 0.6) is 5.75 Å². The highest BCUT2D eigenvalue weighted by Crippen LogP contribution is 2.18. The number of thiocarbonyl (C=S) groups is 1. The predicted octanol–water partition coefficient (Wildman–Crippen LogP) is 5.46. The second-order valence-electron chi connectivity index (χ2n) is 7.51. The average molecular weight is 457 g/mol. The molecule has 0 aliphatic rings. The summed E-state index contributed by atoms with van der Waals surface area (Å²) in [6, 6.07) is 22.5. The predicted molar refractivity (Wildman–Crippen MR) is 134 cm³/mol. The Morgan fingerprint density at radius 2 is 1.70 bits per heavy atom. The van der Waals surface area contributed by atoms with E-state index in [1.54, 1.807) is 48.8 Å². The number of amides is 1. The summed E-state index contributed by atoms with van der Waals surface area (Å²) < 4.78 is 5.91. The smallest absolute Gasteiger partial charge is 0.265 e. The summed E-state index contributed by atoms with van der Waals surface area (Å²) in [5.74, 6) is 0.371. The van der Waals surface area contributed by atoms with Gasteiger partial charge in [0.2, 0.25) is 0 Å². The summed E-state index contributed by atoms with van der Waals surface area (Å²) in [5, 5.41) is 3.30. The van der Waals surface area contributed by atoms with Crippen molar-refractivity contribution in [2.24, 2.45) is 0 Å². The van der Waals surface area contributed by atoms with E-state index in [2.05, 4.69) is 34.3 Å². The average Bonchev–Trinajstić information content (AvgIpc) is 2.85. The Bertz CT molecular complexity index is 1250. The minimum Gasteiger partial charge on any atom is -0.432 e. The van der Waals surface area contributed by atoms with Crippen LogP contribution in [0.1, 0.15) is 29.3 Å². The van der Waals surface area contributed by atoms with E-state index in [-0.39, 0.29) is 5.91 Å². The minimum absolute atomic E-state index is 0.218. The zero-order chi connectivity index (χ0) is 23.0. The summed E-state index contributed by atoms with van der Waals surface area (Å²) in [6.45, 7) is 3.59. The maximum absolute atomic E-state index is 12.7. The van der Waals surface area contributed by atoms with Crippen molar-refractivity contribution in [2.75, 3.05) is 11.9 Å². The van der Waals surface area contributed by atoms with E-state index >= 15 is 0 Å². The molecular weight excluding hydrogens is 432 g/mol. The number of carbonyl (C=O) groups is 1. The third-order valence-electron chi connectivity index (χ3n) is 5.02. The maximum atomic E-state index is 12.7. The Morgan fingerprint density at radius 3 is 2.42 bits per heavy atom. The van der Waals surface area contributed by atoms with Gasteiger partial charge >= 0.3 is 0 Å². The van der Waals surface area contributed by atoms with Gasteiger partial charge in [-0.25, -0.2) is 0 Å². The molecule has 0 saturated heterocycles. The summed E-state index contributed by atoms with van der Waals surface area (Å²) in [5.41, 5.74) is 3.84. The molecule has 4 aromatic rings. The van der Waals surface area contributed by atoms with Crippen molar-refractivity contribution in [1.82, 2.24) is 14.9 Å². The van der Waals surface area contributed by atoms with E-state index in [9.17, 15) is 4.79 Å². The van der Waals surface area contributed by atoms with Crippen molar-refractivity contribution in [1.29, 1.82) is 0 Å². The number of hydrogen-bond acceptors (Lipinski definition) is 5. The molecule has 0 aliphatic carbocycles. The van der Waals surface area contributed by atoms with Crippen molar-refractivity contribution < 1.29 is 9.53 Å². The van der Waals surface area contributed by atoms with E-state index in [4.69, 9.17) is 17.0 Å². The second kappa shape index (κ2) is 10.7. The molecule has 0 atom stereocenters. The molecule has 0 saturated carbocycles. The van der Waals surface area contributed by atoms with Crippen molar-refractivity contribution in [3.05, 3.63) is 96.3 Å². The first-order valence-corrected chi connectivity index (χ1v) is 11.2. The molecule has 1 heterocycles. The van der Waals surface area contributed by atoms with Gasteiger partial charge in [-0.05, 0) is 66.7 Å². The van der Waals surface area contributed by atoms with Crippen LogP contribution < -0.4 is 10.1 Å². The van der Waals surface area contributed by atoms with Gasteiger partial charge in [-0.15, -0.1) is 0 Å². The Morgan fingerprint density at radius 1 is 0.970 bits per heavy atom. The lowest BCUT2D eigenvalue weighted by molar-refractivity contribution is 0.102. The highest BCUT2D eigenvalue weighted by molar-refractivity contribution is 7.80. The van der Waals surface area contributed by atoms with Gasteiger partial charge < -0.3 is 15.0 Å². The highest BCUT2D eigenvalue weighted by Gasteiger charge is 2.13. The number of nitrogens with zero attached hydrogens (tertiary/aromatic N) is 3. The number of rotatable bonds is 7. The van der Waals surface area contributed by atoms with Crippen LogP contribution in [0.2, 0.25) is 0 Å². The van der Waals surface area contributed by atoms with Crippen molar-refractivity contribution in [3.8, 4) is 5.75 Å². The molecular formula is C26H24N4O2S. The monoisotopic (exact) mass is 456 g/mol.